The summed E-state index contributed by atoms with van der Waals surface area (Å²) in [4.78, 5) is 22.5. The van der Waals surface area contributed by atoms with Gasteiger partial charge in [0.2, 0.25) is 0 Å². The Morgan fingerprint density at radius 1 is 1.10 bits per heavy atom. The maximum absolute atomic E-state index is 13.5. The third kappa shape index (κ3) is 4.90. The van der Waals surface area contributed by atoms with Crippen molar-refractivity contribution in [3.05, 3.63) is 65.1 Å². The molecule has 0 aliphatic carbocycles. The van der Waals surface area contributed by atoms with Gasteiger partial charge in [0.05, 0.1) is 12.8 Å². The van der Waals surface area contributed by atoms with Crippen molar-refractivity contribution in [2.75, 3.05) is 27.2 Å². The van der Waals surface area contributed by atoms with Gasteiger partial charge in [-0.15, -0.1) is 0 Å². The maximum Gasteiger partial charge on any atom is 0.274 e. The summed E-state index contributed by atoms with van der Waals surface area (Å²) in [6, 6.07) is 12.2. The summed E-state index contributed by atoms with van der Waals surface area (Å²) in [7, 11) is 3.76. The number of likely N-dealkylation sites (tertiary alicyclic amines) is 1. The van der Waals surface area contributed by atoms with Gasteiger partial charge in [0, 0.05) is 32.4 Å². The number of carbonyl (C=O) groups is 1. The van der Waals surface area contributed by atoms with Crippen molar-refractivity contribution < 1.29 is 9.53 Å². The zero-order valence-electron chi connectivity index (χ0n) is 18.8. The van der Waals surface area contributed by atoms with E-state index in [1.165, 1.54) is 18.4 Å². The largest absolute Gasteiger partial charge is 0.497 e. The molecule has 0 bridgehead atoms. The number of hydrogen-bond acceptors (Lipinski definition) is 4. The number of carbonyl (C=O) groups excluding carboxylic acids is 1. The minimum absolute atomic E-state index is 0.0630. The highest BCUT2D eigenvalue weighted by Gasteiger charge is 2.25. The number of benzene rings is 1. The molecular formula is C25H32N4O2. The van der Waals surface area contributed by atoms with Crippen molar-refractivity contribution in [2.24, 2.45) is 0 Å². The lowest BCUT2D eigenvalue weighted by Crippen LogP contribution is -2.33. The average Bonchev–Trinajstić information content (AvgIpc) is 2.93. The van der Waals surface area contributed by atoms with Gasteiger partial charge in [0.1, 0.15) is 11.4 Å². The van der Waals surface area contributed by atoms with E-state index in [9.17, 15) is 4.79 Å². The van der Waals surface area contributed by atoms with E-state index in [1.807, 2.05) is 29.3 Å². The molecule has 3 heterocycles. The fraction of sp³-hybridized carbons (Fsp3) is 0.440. The first kappa shape index (κ1) is 21.4. The summed E-state index contributed by atoms with van der Waals surface area (Å²) in [6.45, 7) is 5.10. The van der Waals surface area contributed by atoms with Crippen LogP contribution in [0.15, 0.2) is 42.6 Å². The van der Waals surface area contributed by atoms with E-state index in [-0.39, 0.29) is 5.91 Å². The molecule has 31 heavy (non-hydrogen) atoms. The van der Waals surface area contributed by atoms with Gasteiger partial charge in [0.25, 0.3) is 5.91 Å². The van der Waals surface area contributed by atoms with Gasteiger partial charge in [-0.25, -0.2) is 4.98 Å². The van der Waals surface area contributed by atoms with E-state index < -0.39 is 0 Å². The summed E-state index contributed by atoms with van der Waals surface area (Å²) in [5.41, 5.74) is 4.69. The van der Waals surface area contributed by atoms with Gasteiger partial charge in [-0.3, -0.25) is 9.69 Å². The first-order valence-corrected chi connectivity index (χ1v) is 11.1. The van der Waals surface area contributed by atoms with Crippen LogP contribution in [0.2, 0.25) is 0 Å². The number of amides is 1. The van der Waals surface area contributed by atoms with Gasteiger partial charge in [-0.05, 0) is 62.2 Å². The number of pyridine rings is 1. The molecule has 0 spiro atoms. The van der Waals surface area contributed by atoms with E-state index >= 15 is 0 Å². The molecule has 1 fully saturated rings. The maximum atomic E-state index is 13.5. The molecule has 3 aromatic rings. The Morgan fingerprint density at radius 3 is 2.61 bits per heavy atom. The van der Waals surface area contributed by atoms with Gasteiger partial charge >= 0.3 is 0 Å². The molecule has 6 nitrogen and oxygen atoms in total. The monoisotopic (exact) mass is 420 g/mol. The predicted octanol–water partition coefficient (Wildman–Crippen LogP) is 4.30. The SMILES string of the molecule is COc1cccc(CN(C)Cc2c(C(=O)N3CCCCCC3)nc3cc(C)ccn23)c1. The molecule has 0 radical (unpaired) electrons. The first-order chi connectivity index (χ1) is 15.0. The average molecular weight is 421 g/mol. The quantitative estimate of drug-likeness (QED) is 0.597. The van der Waals surface area contributed by atoms with Gasteiger partial charge in [-0.1, -0.05) is 25.0 Å². The minimum Gasteiger partial charge on any atom is -0.497 e. The number of fused-ring (bicyclic) bond motifs is 1. The fourth-order valence-corrected chi connectivity index (χ4v) is 4.34. The van der Waals surface area contributed by atoms with Gasteiger partial charge in [-0.2, -0.15) is 0 Å². The van der Waals surface area contributed by atoms with Crippen LogP contribution in [-0.2, 0) is 13.1 Å². The molecule has 2 aromatic heterocycles. The van der Waals surface area contributed by atoms with Crippen molar-refractivity contribution >= 4 is 11.6 Å². The molecular weight excluding hydrogens is 388 g/mol. The van der Waals surface area contributed by atoms with E-state index in [0.29, 0.717) is 12.2 Å². The lowest BCUT2D eigenvalue weighted by atomic mass is 10.2. The Kier molecular flexibility index (Phi) is 6.56. The Balaban J connectivity index is 1.63. The summed E-state index contributed by atoms with van der Waals surface area (Å²) in [5, 5.41) is 0. The lowest BCUT2D eigenvalue weighted by Gasteiger charge is -2.21. The van der Waals surface area contributed by atoms with Crippen LogP contribution in [0.25, 0.3) is 5.65 Å². The third-order valence-electron chi connectivity index (χ3n) is 5.98. The van der Waals surface area contributed by atoms with Crippen molar-refractivity contribution in [1.82, 2.24) is 19.2 Å². The van der Waals surface area contributed by atoms with Crippen LogP contribution in [0.3, 0.4) is 0 Å². The van der Waals surface area contributed by atoms with Crippen LogP contribution in [0.1, 0.15) is 53.0 Å². The fourth-order valence-electron chi connectivity index (χ4n) is 4.34. The first-order valence-electron chi connectivity index (χ1n) is 11.1. The Bertz CT molecular complexity index is 1050. The van der Waals surface area contributed by atoms with E-state index in [4.69, 9.17) is 9.72 Å². The number of methoxy groups -OCH3 is 1. The highest BCUT2D eigenvalue weighted by molar-refractivity contribution is 5.94. The van der Waals surface area contributed by atoms with Crippen LogP contribution < -0.4 is 4.74 Å². The van der Waals surface area contributed by atoms with Gasteiger partial charge in [0.15, 0.2) is 5.69 Å². The highest BCUT2D eigenvalue weighted by atomic mass is 16.5. The van der Waals surface area contributed by atoms with Crippen molar-refractivity contribution in [1.29, 1.82) is 0 Å². The van der Waals surface area contributed by atoms with Crippen LogP contribution in [0, 0.1) is 6.92 Å². The van der Waals surface area contributed by atoms with Crippen LogP contribution in [0.5, 0.6) is 5.75 Å². The minimum atomic E-state index is 0.0630. The Morgan fingerprint density at radius 2 is 1.87 bits per heavy atom. The topological polar surface area (TPSA) is 50.1 Å². The van der Waals surface area contributed by atoms with Gasteiger partial charge < -0.3 is 14.0 Å². The van der Waals surface area contributed by atoms with Crippen molar-refractivity contribution in [2.45, 2.75) is 45.7 Å². The molecule has 0 saturated carbocycles. The van der Waals surface area contributed by atoms with Crippen LogP contribution in [0.4, 0.5) is 0 Å². The second-order valence-electron chi connectivity index (χ2n) is 8.57. The zero-order valence-corrected chi connectivity index (χ0v) is 18.8. The zero-order chi connectivity index (χ0) is 21.8. The molecule has 0 atom stereocenters. The molecule has 1 saturated heterocycles. The number of hydrogen-bond donors (Lipinski definition) is 0. The molecule has 4 rings (SSSR count). The second-order valence-corrected chi connectivity index (χ2v) is 8.57. The molecule has 6 heteroatoms. The van der Waals surface area contributed by atoms with E-state index in [2.05, 4.69) is 41.5 Å². The van der Waals surface area contributed by atoms with Crippen molar-refractivity contribution in [3.63, 3.8) is 0 Å². The summed E-state index contributed by atoms with van der Waals surface area (Å²) >= 11 is 0. The molecule has 0 N–H and O–H groups in total. The predicted molar refractivity (Wildman–Crippen MR) is 122 cm³/mol. The highest BCUT2D eigenvalue weighted by Crippen LogP contribution is 2.21. The van der Waals surface area contributed by atoms with Crippen LogP contribution >= 0.6 is 0 Å². The molecule has 1 aromatic carbocycles. The third-order valence-corrected chi connectivity index (χ3v) is 5.98. The molecule has 164 valence electrons. The smallest absolute Gasteiger partial charge is 0.274 e. The molecule has 1 amide bonds. The summed E-state index contributed by atoms with van der Waals surface area (Å²) in [6.07, 6.45) is 6.58. The number of imidazole rings is 1. The molecule has 1 aliphatic heterocycles. The normalized spacial score (nSPS) is 14.8. The van der Waals surface area contributed by atoms with Crippen LogP contribution in [-0.4, -0.2) is 52.3 Å². The number of ether oxygens (including phenoxy) is 1. The molecule has 1 aliphatic rings. The number of aromatic nitrogens is 2. The van der Waals surface area contributed by atoms with E-state index in [1.54, 1.807) is 7.11 Å². The number of aryl methyl sites for hydroxylation is 1. The second kappa shape index (κ2) is 9.52. The molecule has 0 unspecified atom stereocenters. The standard InChI is InChI=1S/C25H32N4O2/c1-19-11-14-29-22(18-27(2)17-20-9-8-10-21(16-20)31-3)24(26-23(29)15-19)25(30)28-12-6-4-5-7-13-28/h8-11,14-16H,4-7,12-13,17-18H2,1-3H3. The Hall–Kier alpha value is -2.86. The summed E-state index contributed by atoms with van der Waals surface area (Å²) < 4.78 is 7.43. The van der Waals surface area contributed by atoms with Crippen molar-refractivity contribution in [3.8, 4) is 5.75 Å². The number of rotatable bonds is 6. The summed E-state index contributed by atoms with van der Waals surface area (Å²) in [5.74, 6) is 0.918. The lowest BCUT2D eigenvalue weighted by molar-refractivity contribution is 0.0754. The Labute approximate surface area is 184 Å². The number of nitrogens with zero attached hydrogens (tertiary/aromatic N) is 4. The van der Waals surface area contributed by atoms with E-state index in [0.717, 1.165) is 55.1 Å².